The van der Waals surface area contributed by atoms with E-state index in [1.807, 2.05) is 12.1 Å². The van der Waals surface area contributed by atoms with Crippen LogP contribution >= 0.6 is 0 Å². The van der Waals surface area contributed by atoms with Crippen LogP contribution in [0, 0.1) is 11.6 Å². The maximum absolute atomic E-state index is 13.5. The van der Waals surface area contributed by atoms with Crippen LogP contribution in [0.15, 0.2) is 53.1 Å². The van der Waals surface area contributed by atoms with Gasteiger partial charge >= 0.3 is 0 Å². The molecule has 0 radical (unpaired) electrons. The molecule has 3 aromatic rings. The highest BCUT2D eigenvalue weighted by molar-refractivity contribution is 5.78. The lowest BCUT2D eigenvalue weighted by molar-refractivity contribution is -0.120. The van der Waals surface area contributed by atoms with Gasteiger partial charge in [-0.25, -0.2) is 8.78 Å². The van der Waals surface area contributed by atoms with E-state index in [-0.39, 0.29) is 18.5 Å². The fraction of sp³-hybridized carbons (Fsp3) is 0.158. The smallest absolute Gasteiger partial charge is 0.226 e. The van der Waals surface area contributed by atoms with Crippen LogP contribution in [0.5, 0.6) is 5.75 Å². The minimum atomic E-state index is -0.700. The third-order valence-corrected chi connectivity index (χ3v) is 3.80. The summed E-state index contributed by atoms with van der Waals surface area (Å²) in [6, 6.07) is 12.4. The maximum atomic E-state index is 13.5. The summed E-state index contributed by atoms with van der Waals surface area (Å²) in [5, 5.41) is 6.33. The number of carbonyl (C=O) groups is 1. The molecule has 0 spiro atoms. The van der Waals surface area contributed by atoms with Gasteiger partial charge in [0.2, 0.25) is 5.91 Å². The summed E-state index contributed by atoms with van der Waals surface area (Å²) in [5.41, 5.74) is 1.03. The first kappa shape index (κ1) is 17.6. The molecule has 134 valence electrons. The van der Waals surface area contributed by atoms with E-state index in [0.717, 1.165) is 17.7 Å². The highest BCUT2D eigenvalue weighted by atomic mass is 19.1. The number of ether oxygens (including phenoxy) is 1. The first-order valence-electron chi connectivity index (χ1n) is 7.86. The molecule has 0 aliphatic rings. The van der Waals surface area contributed by atoms with Gasteiger partial charge in [-0.2, -0.15) is 0 Å². The molecule has 0 saturated carbocycles. The topological polar surface area (TPSA) is 64.4 Å². The highest BCUT2D eigenvalue weighted by Crippen LogP contribution is 2.23. The zero-order chi connectivity index (χ0) is 18.5. The van der Waals surface area contributed by atoms with Gasteiger partial charge in [0, 0.05) is 23.7 Å². The van der Waals surface area contributed by atoms with Crippen molar-refractivity contribution in [2.24, 2.45) is 0 Å². The Labute approximate surface area is 148 Å². The second kappa shape index (κ2) is 7.77. The van der Waals surface area contributed by atoms with Crippen molar-refractivity contribution in [1.82, 2.24) is 10.5 Å². The van der Waals surface area contributed by atoms with E-state index in [4.69, 9.17) is 9.26 Å². The molecule has 0 unspecified atom stereocenters. The van der Waals surface area contributed by atoms with Crippen molar-refractivity contribution >= 4 is 5.91 Å². The molecule has 0 aliphatic heterocycles. The predicted molar refractivity (Wildman–Crippen MR) is 90.4 cm³/mol. The molecule has 26 heavy (non-hydrogen) atoms. The third kappa shape index (κ3) is 4.05. The molecule has 1 N–H and O–H groups in total. The summed E-state index contributed by atoms with van der Waals surface area (Å²) < 4.78 is 37.4. The van der Waals surface area contributed by atoms with Crippen molar-refractivity contribution in [3.63, 3.8) is 0 Å². The largest absolute Gasteiger partial charge is 0.497 e. The first-order chi connectivity index (χ1) is 12.6. The quantitative estimate of drug-likeness (QED) is 0.733. The van der Waals surface area contributed by atoms with E-state index >= 15 is 0 Å². The van der Waals surface area contributed by atoms with Gasteiger partial charge in [-0.05, 0) is 36.4 Å². The van der Waals surface area contributed by atoms with Gasteiger partial charge < -0.3 is 14.6 Å². The van der Waals surface area contributed by atoms with E-state index in [2.05, 4.69) is 10.5 Å². The normalized spacial score (nSPS) is 10.6. The van der Waals surface area contributed by atoms with E-state index in [1.54, 1.807) is 25.3 Å². The molecule has 0 aliphatic carbocycles. The van der Waals surface area contributed by atoms with Gasteiger partial charge in [0.1, 0.15) is 17.4 Å². The summed E-state index contributed by atoms with van der Waals surface area (Å²) in [7, 11) is 1.58. The Kier molecular flexibility index (Phi) is 5.26. The Morgan fingerprint density at radius 3 is 2.50 bits per heavy atom. The lowest BCUT2D eigenvalue weighted by Gasteiger charge is -2.06. The van der Waals surface area contributed by atoms with Crippen molar-refractivity contribution in [1.29, 1.82) is 0 Å². The van der Waals surface area contributed by atoms with Gasteiger partial charge in [-0.1, -0.05) is 11.2 Å². The molecule has 1 aromatic heterocycles. The van der Waals surface area contributed by atoms with Gasteiger partial charge in [-0.15, -0.1) is 0 Å². The summed E-state index contributed by atoms with van der Waals surface area (Å²) in [6.07, 6.45) is -0.0598. The Balaban J connectivity index is 1.60. The molecular formula is C19H16F2N2O3. The molecule has 0 bridgehead atoms. The molecular weight excluding hydrogens is 342 g/mol. The Morgan fingerprint density at radius 2 is 1.85 bits per heavy atom. The number of nitrogens with one attached hydrogen (secondary N) is 1. The number of halogens is 2. The average Bonchev–Trinajstić information content (AvgIpc) is 3.10. The minimum absolute atomic E-state index is 0.0598. The Morgan fingerprint density at radius 1 is 1.15 bits per heavy atom. The first-order valence-corrected chi connectivity index (χ1v) is 7.86. The van der Waals surface area contributed by atoms with Crippen molar-refractivity contribution in [3.8, 4) is 17.1 Å². The van der Waals surface area contributed by atoms with Gasteiger partial charge in [-0.3, -0.25) is 4.79 Å². The molecule has 5 nitrogen and oxygen atoms in total. The van der Waals surface area contributed by atoms with Crippen LogP contribution in [-0.2, 0) is 17.8 Å². The number of rotatable bonds is 6. The van der Waals surface area contributed by atoms with Crippen LogP contribution in [0.1, 0.15) is 11.3 Å². The van der Waals surface area contributed by atoms with Gasteiger partial charge in [0.05, 0.1) is 19.2 Å². The van der Waals surface area contributed by atoms with E-state index in [1.165, 1.54) is 6.07 Å². The lowest BCUT2D eigenvalue weighted by Crippen LogP contribution is -2.25. The molecule has 1 amide bonds. The van der Waals surface area contributed by atoms with Crippen molar-refractivity contribution < 1.29 is 22.8 Å². The van der Waals surface area contributed by atoms with Crippen LogP contribution in [0.4, 0.5) is 8.78 Å². The molecule has 0 saturated heterocycles. The highest BCUT2D eigenvalue weighted by Gasteiger charge is 2.13. The zero-order valence-electron chi connectivity index (χ0n) is 14.0. The van der Waals surface area contributed by atoms with Crippen LogP contribution in [0.3, 0.4) is 0 Å². The van der Waals surface area contributed by atoms with Crippen molar-refractivity contribution in [3.05, 3.63) is 71.4 Å². The van der Waals surface area contributed by atoms with Gasteiger partial charge in [0.15, 0.2) is 5.76 Å². The summed E-state index contributed by atoms with van der Waals surface area (Å²) in [5.74, 6) is -0.590. The van der Waals surface area contributed by atoms with Crippen LogP contribution < -0.4 is 10.1 Å². The molecule has 1 heterocycles. The monoisotopic (exact) mass is 358 g/mol. The summed E-state index contributed by atoms with van der Waals surface area (Å²) >= 11 is 0. The molecule has 0 fully saturated rings. The number of aromatic nitrogens is 1. The molecule has 0 atom stereocenters. The number of methoxy groups -OCH3 is 1. The maximum Gasteiger partial charge on any atom is 0.226 e. The van der Waals surface area contributed by atoms with Gasteiger partial charge in [0.25, 0.3) is 0 Å². The zero-order valence-corrected chi connectivity index (χ0v) is 14.0. The van der Waals surface area contributed by atoms with E-state index in [9.17, 15) is 13.6 Å². The number of nitrogens with zero attached hydrogens (tertiary/aromatic N) is 1. The summed E-state index contributed by atoms with van der Waals surface area (Å²) in [4.78, 5) is 12.0. The fourth-order valence-corrected chi connectivity index (χ4v) is 2.40. The molecule has 3 rings (SSSR count). The van der Waals surface area contributed by atoms with Crippen LogP contribution in [-0.4, -0.2) is 18.2 Å². The average molecular weight is 358 g/mol. The van der Waals surface area contributed by atoms with E-state index in [0.29, 0.717) is 17.2 Å². The number of hydrogen-bond donors (Lipinski definition) is 1. The standard InChI is InChI=1S/C19H16F2N2O3/c1-25-14-7-5-12(6-8-14)18-9-13(23-26-18)10-19(24)22-11-15-16(20)3-2-4-17(15)21/h2-9H,10-11H2,1H3,(H,22,24). The van der Waals surface area contributed by atoms with E-state index < -0.39 is 17.5 Å². The van der Waals surface area contributed by atoms with Crippen LogP contribution in [0.25, 0.3) is 11.3 Å². The Hall–Kier alpha value is -3.22. The van der Waals surface area contributed by atoms with Crippen LogP contribution in [0.2, 0.25) is 0 Å². The molecule has 2 aromatic carbocycles. The number of carbonyl (C=O) groups excluding carboxylic acids is 1. The SMILES string of the molecule is COc1ccc(-c2cc(CC(=O)NCc3c(F)cccc3F)no2)cc1. The second-order valence-electron chi connectivity index (χ2n) is 5.56. The third-order valence-electron chi connectivity index (χ3n) is 3.80. The second-order valence-corrected chi connectivity index (χ2v) is 5.56. The number of benzene rings is 2. The number of amides is 1. The predicted octanol–water partition coefficient (Wildman–Crippen LogP) is 3.49. The Bertz CT molecular complexity index is 887. The van der Waals surface area contributed by atoms with Crippen molar-refractivity contribution in [2.75, 3.05) is 7.11 Å². The minimum Gasteiger partial charge on any atom is -0.497 e. The fourth-order valence-electron chi connectivity index (χ4n) is 2.40. The molecule has 7 heteroatoms. The van der Waals surface area contributed by atoms with Crippen molar-refractivity contribution in [2.45, 2.75) is 13.0 Å². The summed E-state index contributed by atoms with van der Waals surface area (Å²) in [6.45, 7) is -0.236. The lowest BCUT2D eigenvalue weighted by atomic mass is 10.1. The number of hydrogen-bond acceptors (Lipinski definition) is 4.